The minimum Gasteiger partial charge on any atom is -0.452 e. The smallest absolute Gasteiger partial charge is 0.306 e. The highest BCUT2D eigenvalue weighted by Gasteiger charge is 2.33. The van der Waals surface area contributed by atoms with E-state index in [2.05, 4.69) is 17.9 Å². The van der Waals surface area contributed by atoms with E-state index in [1.54, 1.807) is 0 Å². The third-order valence-corrected chi connectivity index (χ3v) is 3.51. The lowest BCUT2D eigenvalue weighted by molar-refractivity contribution is -0.153. The highest BCUT2D eigenvalue weighted by atomic mass is 32.1. The van der Waals surface area contributed by atoms with Gasteiger partial charge in [0.2, 0.25) is 5.91 Å². The average Bonchev–Trinajstić information content (AvgIpc) is 2.74. The van der Waals surface area contributed by atoms with E-state index in [4.69, 9.17) is 17.0 Å². The van der Waals surface area contributed by atoms with Gasteiger partial charge >= 0.3 is 5.97 Å². The number of hydrogen-bond acceptors (Lipinski definition) is 5. The maximum atomic E-state index is 11.7. The van der Waals surface area contributed by atoms with Crippen molar-refractivity contribution in [2.24, 2.45) is 0 Å². The molecular weight excluding hydrogens is 310 g/mol. The summed E-state index contributed by atoms with van der Waals surface area (Å²) in [5.41, 5.74) is 1.69. The van der Waals surface area contributed by atoms with E-state index in [9.17, 15) is 14.4 Å². The molecule has 0 saturated carbocycles. The van der Waals surface area contributed by atoms with Crippen molar-refractivity contribution in [1.82, 2.24) is 5.32 Å². The zero-order valence-corrected chi connectivity index (χ0v) is 12.7. The lowest BCUT2D eigenvalue weighted by atomic mass is 10.0. The second-order valence-electron chi connectivity index (χ2n) is 4.56. The number of nitrogens with one attached hydrogen (secondary N) is 1. The molecule has 0 spiro atoms. The molecule has 1 fully saturated rings. The number of thiol groups is 1. The fourth-order valence-corrected chi connectivity index (χ4v) is 2.44. The van der Waals surface area contributed by atoms with E-state index >= 15 is 0 Å². The van der Waals surface area contributed by atoms with Crippen molar-refractivity contribution >= 4 is 46.8 Å². The van der Waals surface area contributed by atoms with Crippen LogP contribution in [0.3, 0.4) is 0 Å². The summed E-state index contributed by atoms with van der Waals surface area (Å²) in [6.07, 6.45) is -0.586. The molecule has 21 heavy (non-hydrogen) atoms. The van der Waals surface area contributed by atoms with Crippen LogP contribution in [0, 0.1) is 0 Å². The van der Waals surface area contributed by atoms with Crippen LogP contribution in [0.2, 0.25) is 0 Å². The summed E-state index contributed by atoms with van der Waals surface area (Å²) in [5, 5.41) is 2.09. The summed E-state index contributed by atoms with van der Waals surface area (Å²) in [5.74, 6) is -1.52. The lowest BCUT2D eigenvalue weighted by Crippen LogP contribution is -2.28. The molecule has 1 aliphatic heterocycles. The van der Waals surface area contributed by atoms with Gasteiger partial charge < -0.3 is 4.74 Å². The number of esters is 1. The van der Waals surface area contributed by atoms with E-state index in [0.717, 1.165) is 11.1 Å². The van der Waals surface area contributed by atoms with Gasteiger partial charge in [-0.15, -0.1) is 12.6 Å². The van der Waals surface area contributed by atoms with Crippen molar-refractivity contribution < 1.29 is 19.1 Å². The van der Waals surface area contributed by atoms with Gasteiger partial charge in [-0.05, 0) is 12.0 Å². The predicted molar refractivity (Wildman–Crippen MR) is 83.1 cm³/mol. The first-order valence-electron chi connectivity index (χ1n) is 6.31. The molecule has 0 aliphatic carbocycles. The molecule has 7 heteroatoms. The molecule has 1 atom stereocenters. The number of carbonyl (C=O) groups is 3. The fraction of sp³-hybridized carbons (Fsp3) is 0.286. The molecule has 1 N–H and O–H groups in total. The Morgan fingerprint density at radius 1 is 1.38 bits per heavy atom. The van der Waals surface area contributed by atoms with Gasteiger partial charge in [0.05, 0.1) is 10.6 Å². The third kappa shape index (κ3) is 4.12. The van der Waals surface area contributed by atoms with Crippen LogP contribution in [0.5, 0.6) is 0 Å². The summed E-state index contributed by atoms with van der Waals surface area (Å²) in [6.45, 7) is 0. The molecular formula is C14H13NO4S2. The van der Waals surface area contributed by atoms with Crippen LogP contribution in [0.15, 0.2) is 24.3 Å². The Kier molecular flexibility index (Phi) is 5.08. The lowest BCUT2D eigenvalue weighted by Gasteiger charge is -2.10. The topological polar surface area (TPSA) is 72.5 Å². The summed E-state index contributed by atoms with van der Waals surface area (Å²) in [6, 6.07) is 7.38. The summed E-state index contributed by atoms with van der Waals surface area (Å²) < 4.78 is 5.45. The first-order valence-corrected chi connectivity index (χ1v) is 7.17. The van der Waals surface area contributed by atoms with Crippen molar-refractivity contribution in [3.8, 4) is 0 Å². The molecule has 1 aromatic rings. The molecule has 1 aromatic carbocycles. The zero-order chi connectivity index (χ0) is 15.4. The number of rotatable bonds is 5. The molecule has 1 saturated heterocycles. The van der Waals surface area contributed by atoms with Crippen LogP contribution in [0.4, 0.5) is 0 Å². The van der Waals surface area contributed by atoms with Crippen molar-refractivity contribution in [3.63, 3.8) is 0 Å². The van der Waals surface area contributed by atoms with Crippen LogP contribution >= 0.6 is 24.8 Å². The monoisotopic (exact) mass is 323 g/mol. The maximum absolute atomic E-state index is 11.7. The molecule has 5 nitrogen and oxygen atoms in total. The van der Waals surface area contributed by atoms with Crippen molar-refractivity contribution in [2.45, 2.75) is 25.4 Å². The van der Waals surface area contributed by atoms with Crippen LogP contribution in [-0.4, -0.2) is 28.1 Å². The standard InChI is InChI=1S/C14H13NO4S2/c16-11-7-10(13(18)15-11)19-12(17)6-5-8-3-1-2-4-9(8)14(20)21/h1-4,10H,5-7H2,(H,20,21)(H,15,16,18). The van der Waals surface area contributed by atoms with E-state index in [0.29, 0.717) is 10.6 Å². The zero-order valence-electron chi connectivity index (χ0n) is 11.0. The third-order valence-electron chi connectivity index (χ3n) is 3.05. The van der Waals surface area contributed by atoms with Gasteiger partial charge in [-0.3, -0.25) is 19.7 Å². The number of benzene rings is 1. The number of amides is 2. The Labute approximate surface area is 132 Å². The van der Waals surface area contributed by atoms with Gasteiger partial charge in [0.25, 0.3) is 5.91 Å². The van der Waals surface area contributed by atoms with Crippen molar-refractivity contribution in [2.75, 3.05) is 0 Å². The molecule has 1 heterocycles. The van der Waals surface area contributed by atoms with E-state index < -0.39 is 23.9 Å². The Morgan fingerprint density at radius 3 is 2.71 bits per heavy atom. The highest BCUT2D eigenvalue weighted by Crippen LogP contribution is 2.15. The first kappa shape index (κ1) is 15.7. The summed E-state index contributed by atoms with van der Waals surface area (Å²) in [7, 11) is 0. The molecule has 0 bridgehead atoms. The molecule has 0 aromatic heterocycles. The van der Waals surface area contributed by atoms with Crippen molar-refractivity contribution in [3.05, 3.63) is 35.4 Å². The molecule has 1 aliphatic rings. The normalized spacial score (nSPS) is 17.5. The van der Waals surface area contributed by atoms with Gasteiger partial charge in [0.1, 0.15) is 0 Å². The Morgan fingerprint density at radius 2 is 2.10 bits per heavy atom. The second-order valence-corrected chi connectivity index (χ2v) is 5.72. The Hall–Kier alpha value is -1.73. The average molecular weight is 323 g/mol. The van der Waals surface area contributed by atoms with Gasteiger partial charge in [0.15, 0.2) is 6.10 Å². The van der Waals surface area contributed by atoms with Gasteiger partial charge in [-0.25, -0.2) is 0 Å². The first-order chi connectivity index (χ1) is 9.97. The summed E-state index contributed by atoms with van der Waals surface area (Å²) >= 11 is 9.17. The molecule has 2 amide bonds. The predicted octanol–water partition coefficient (Wildman–Crippen LogP) is 1.18. The molecule has 2 rings (SSSR count). The van der Waals surface area contributed by atoms with Crippen LogP contribution < -0.4 is 5.32 Å². The molecule has 0 radical (unpaired) electrons. The van der Waals surface area contributed by atoms with E-state index in [1.807, 2.05) is 24.3 Å². The Balaban J connectivity index is 1.91. The Bertz CT molecular complexity index is 615. The van der Waals surface area contributed by atoms with Crippen LogP contribution in [-0.2, 0) is 25.5 Å². The van der Waals surface area contributed by atoms with Crippen LogP contribution in [0.1, 0.15) is 24.0 Å². The fourth-order valence-electron chi connectivity index (χ4n) is 2.03. The van der Waals surface area contributed by atoms with Gasteiger partial charge in [-0.2, -0.15) is 0 Å². The van der Waals surface area contributed by atoms with E-state index in [1.165, 1.54) is 0 Å². The SMILES string of the molecule is O=C1CC(OC(=O)CCc2ccccc2C(=S)S)C(=O)N1. The molecule has 110 valence electrons. The number of aryl methyl sites for hydroxylation is 1. The maximum Gasteiger partial charge on any atom is 0.306 e. The number of thiocarbonyl (C=S) groups is 1. The number of carbonyl (C=O) groups excluding carboxylic acids is 3. The number of hydrogen-bond donors (Lipinski definition) is 2. The minimum atomic E-state index is -1.01. The largest absolute Gasteiger partial charge is 0.452 e. The van der Waals surface area contributed by atoms with Crippen molar-refractivity contribution in [1.29, 1.82) is 0 Å². The molecule has 1 unspecified atom stereocenters. The van der Waals surface area contributed by atoms with Crippen LogP contribution in [0.25, 0.3) is 0 Å². The number of imide groups is 1. The summed E-state index contributed by atoms with van der Waals surface area (Å²) in [4.78, 5) is 34.0. The quantitative estimate of drug-likeness (QED) is 0.368. The number of ether oxygens (including phenoxy) is 1. The van der Waals surface area contributed by atoms with Gasteiger partial charge in [0, 0.05) is 12.0 Å². The highest BCUT2D eigenvalue weighted by molar-refractivity contribution is 8.11. The minimum absolute atomic E-state index is 0.103. The second kappa shape index (κ2) is 6.82. The van der Waals surface area contributed by atoms with Gasteiger partial charge in [-0.1, -0.05) is 36.5 Å². The van der Waals surface area contributed by atoms with E-state index in [-0.39, 0.29) is 12.8 Å².